The lowest BCUT2D eigenvalue weighted by atomic mass is 10.1. The van der Waals surface area contributed by atoms with Crippen LogP contribution in [0.2, 0.25) is 0 Å². The number of sulfone groups is 1. The molecule has 1 saturated heterocycles. The molecule has 1 heterocycles. The van der Waals surface area contributed by atoms with Gasteiger partial charge in [-0.05, 0) is 30.4 Å². The molecule has 1 aromatic rings. The number of benzene rings is 1. The van der Waals surface area contributed by atoms with Gasteiger partial charge in [0.05, 0.1) is 23.3 Å². The molecule has 1 amide bonds. The molecule has 2 unspecified atom stereocenters. The normalized spacial score (nSPS) is 26.5. The Kier molecular flexibility index (Phi) is 4.26. The molecule has 6 heteroatoms. The topological polar surface area (TPSA) is 63.2 Å². The van der Waals surface area contributed by atoms with E-state index in [0.717, 1.165) is 12.8 Å². The number of carbonyl (C=O) groups is 1. The van der Waals surface area contributed by atoms with Crippen molar-refractivity contribution in [2.75, 3.05) is 17.3 Å². The second-order valence-electron chi connectivity index (χ2n) is 5.69. The van der Waals surface area contributed by atoms with Gasteiger partial charge < -0.3 is 5.32 Å². The average Bonchev–Trinajstić information content (AvgIpc) is 3.01. The SMILES string of the molecule is O=C(CSC1CCS(=O)(=O)C1)NC1CCc2ccccc21. The van der Waals surface area contributed by atoms with Crippen molar-refractivity contribution in [3.05, 3.63) is 35.4 Å². The lowest BCUT2D eigenvalue weighted by molar-refractivity contribution is -0.119. The smallest absolute Gasteiger partial charge is 0.230 e. The predicted octanol–water partition coefficient (Wildman–Crippen LogP) is 1.71. The van der Waals surface area contributed by atoms with Gasteiger partial charge in [0.1, 0.15) is 0 Å². The van der Waals surface area contributed by atoms with Gasteiger partial charge in [0, 0.05) is 5.25 Å². The third kappa shape index (κ3) is 3.61. The number of thioether (sulfide) groups is 1. The molecule has 0 spiro atoms. The summed E-state index contributed by atoms with van der Waals surface area (Å²) in [6, 6.07) is 8.33. The fourth-order valence-corrected chi connectivity index (χ4v) is 6.48. The van der Waals surface area contributed by atoms with E-state index in [9.17, 15) is 13.2 Å². The Balaban J connectivity index is 1.50. The molecule has 2 atom stereocenters. The lowest BCUT2D eigenvalue weighted by Gasteiger charge is -2.15. The van der Waals surface area contributed by atoms with Gasteiger partial charge in [-0.15, -0.1) is 11.8 Å². The Bertz CT molecular complexity index is 642. The molecular formula is C15H19NO3S2. The van der Waals surface area contributed by atoms with Crippen LogP contribution in [0.15, 0.2) is 24.3 Å². The van der Waals surface area contributed by atoms with Crippen LogP contribution in [0.3, 0.4) is 0 Å². The first-order valence-corrected chi connectivity index (χ1v) is 10.1. The molecule has 1 aliphatic carbocycles. The van der Waals surface area contributed by atoms with Crippen LogP contribution >= 0.6 is 11.8 Å². The molecule has 1 aromatic carbocycles. The highest BCUT2D eigenvalue weighted by atomic mass is 32.2. The summed E-state index contributed by atoms with van der Waals surface area (Å²) in [5, 5.41) is 3.15. The molecule has 1 fully saturated rings. The molecule has 0 bridgehead atoms. The van der Waals surface area contributed by atoms with Gasteiger partial charge >= 0.3 is 0 Å². The summed E-state index contributed by atoms with van der Waals surface area (Å²) in [4.78, 5) is 12.0. The quantitative estimate of drug-likeness (QED) is 0.915. The molecule has 4 nitrogen and oxygen atoms in total. The summed E-state index contributed by atoms with van der Waals surface area (Å²) in [6.45, 7) is 0. The molecule has 2 aliphatic rings. The number of carbonyl (C=O) groups excluding carboxylic acids is 1. The van der Waals surface area contributed by atoms with Crippen LogP contribution in [0.4, 0.5) is 0 Å². The first-order valence-electron chi connectivity index (χ1n) is 7.23. The van der Waals surface area contributed by atoms with Crippen molar-refractivity contribution in [2.24, 2.45) is 0 Å². The molecule has 21 heavy (non-hydrogen) atoms. The van der Waals surface area contributed by atoms with Gasteiger partial charge in [-0.2, -0.15) is 0 Å². The third-order valence-corrected chi connectivity index (χ3v) is 7.39. The first-order chi connectivity index (χ1) is 10.0. The van der Waals surface area contributed by atoms with E-state index in [-0.39, 0.29) is 28.7 Å². The fraction of sp³-hybridized carbons (Fsp3) is 0.533. The van der Waals surface area contributed by atoms with Gasteiger partial charge in [0.25, 0.3) is 0 Å². The van der Waals surface area contributed by atoms with Gasteiger partial charge in [-0.3, -0.25) is 4.79 Å². The fourth-order valence-electron chi connectivity index (χ4n) is 3.03. The molecule has 114 valence electrons. The number of rotatable bonds is 4. The Morgan fingerprint density at radius 3 is 2.86 bits per heavy atom. The van der Waals surface area contributed by atoms with Crippen molar-refractivity contribution < 1.29 is 13.2 Å². The Hall–Kier alpha value is -1.01. The largest absolute Gasteiger partial charge is 0.349 e. The van der Waals surface area contributed by atoms with E-state index in [2.05, 4.69) is 17.4 Å². The molecule has 3 rings (SSSR count). The van der Waals surface area contributed by atoms with Crippen molar-refractivity contribution in [1.29, 1.82) is 0 Å². The number of hydrogen-bond donors (Lipinski definition) is 1. The van der Waals surface area contributed by atoms with E-state index in [1.807, 2.05) is 12.1 Å². The molecule has 1 aliphatic heterocycles. The van der Waals surface area contributed by atoms with E-state index in [4.69, 9.17) is 0 Å². The minimum absolute atomic E-state index is 0.00556. The Labute approximate surface area is 129 Å². The first kappa shape index (κ1) is 14.9. The lowest BCUT2D eigenvalue weighted by Crippen LogP contribution is -2.29. The second-order valence-corrected chi connectivity index (χ2v) is 9.21. The summed E-state index contributed by atoms with van der Waals surface area (Å²) >= 11 is 1.47. The van der Waals surface area contributed by atoms with Crippen LogP contribution in [0.5, 0.6) is 0 Å². The zero-order valence-electron chi connectivity index (χ0n) is 11.7. The third-order valence-electron chi connectivity index (χ3n) is 4.11. The maximum absolute atomic E-state index is 12.0. The number of aryl methyl sites for hydroxylation is 1. The second kappa shape index (κ2) is 6.01. The van der Waals surface area contributed by atoms with Crippen LogP contribution in [-0.2, 0) is 21.1 Å². The molecule has 0 radical (unpaired) electrons. The van der Waals surface area contributed by atoms with Gasteiger partial charge in [-0.1, -0.05) is 24.3 Å². The highest BCUT2D eigenvalue weighted by Crippen LogP contribution is 2.31. The van der Waals surface area contributed by atoms with Gasteiger partial charge in [-0.25, -0.2) is 8.42 Å². The van der Waals surface area contributed by atoms with Crippen LogP contribution < -0.4 is 5.32 Å². The maximum atomic E-state index is 12.0. The van der Waals surface area contributed by atoms with Crippen molar-refractivity contribution in [2.45, 2.75) is 30.6 Å². The molecule has 0 saturated carbocycles. The maximum Gasteiger partial charge on any atom is 0.230 e. The van der Waals surface area contributed by atoms with Crippen LogP contribution in [-0.4, -0.2) is 36.8 Å². The van der Waals surface area contributed by atoms with E-state index in [1.54, 1.807) is 0 Å². The van der Waals surface area contributed by atoms with Crippen molar-refractivity contribution in [3.63, 3.8) is 0 Å². The highest BCUT2D eigenvalue weighted by Gasteiger charge is 2.29. The van der Waals surface area contributed by atoms with E-state index in [1.165, 1.54) is 22.9 Å². The monoisotopic (exact) mass is 325 g/mol. The standard InChI is InChI=1S/C15H19NO3S2/c17-15(9-20-12-7-8-21(18,19)10-12)16-14-6-5-11-3-1-2-4-13(11)14/h1-4,12,14H,5-10H2,(H,16,17). The van der Waals surface area contributed by atoms with Crippen molar-refractivity contribution >= 4 is 27.5 Å². The summed E-state index contributed by atoms with van der Waals surface area (Å²) in [7, 11) is -2.86. The summed E-state index contributed by atoms with van der Waals surface area (Å²) in [5.41, 5.74) is 2.54. The number of hydrogen-bond acceptors (Lipinski definition) is 4. The number of amides is 1. The van der Waals surface area contributed by atoms with Gasteiger partial charge in [0.15, 0.2) is 9.84 Å². The summed E-state index contributed by atoms with van der Waals surface area (Å²) in [5.74, 6) is 0.837. The molecule has 0 aromatic heterocycles. The van der Waals surface area contributed by atoms with Crippen LogP contribution in [0, 0.1) is 0 Å². The molecular weight excluding hydrogens is 306 g/mol. The van der Waals surface area contributed by atoms with E-state index < -0.39 is 9.84 Å². The molecule has 1 N–H and O–H groups in total. The summed E-state index contributed by atoms with van der Waals surface area (Å²) in [6.07, 6.45) is 2.63. The Morgan fingerprint density at radius 1 is 1.29 bits per heavy atom. The van der Waals surface area contributed by atoms with Crippen molar-refractivity contribution in [1.82, 2.24) is 5.32 Å². The number of fused-ring (bicyclic) bond motifs is 1. The zero-order valence-corrected chi connectivity index (χ0v) is 13.4. The van der Waals surface area contributed by atoms with Crippen molar-refractivity contribution in [3.8, 4) is 0 Å². The predicted molar refractivity (Wildman–Crippen MR) is 85.2 cm³/mol. The highest BCUT2D eigenvalue weighted by molar-refractivity contribution is 8.02. The Morgan fingerprint density at radius 2 is 2.10 bits per heavy atom. The number of nitrogens with one attached hydrogen (secondary N) is 1. The zero-order chi connectivity index (χ0) is 14.9. The van der Waals surface area contributed by atoms with Gasteiger partial charge in [0.2, 0.25) is 5.91 Å². The summed E-state index contributed by atoms with van der Waals surface area (Å²) < 4.78 is 22.8. The van der Waals surface area contributed by atoms with Crippen LogP contribution in [0.25, 0.3) is 0 Å². The average molecular weight is 325 g/mol. The van der Waals surface area contributed by atoms with E-state index in [0.29, 0.717) is 12.2 Å². The van der Waals surface area contributed by atoms with Crippen LogP contribution in [0.1, 0.15) is 30.0 Å². The minimum atomic E-state index is -2.86. The van der Waals surface area contributed by atoms with E-state index >= 15 is 0 Å². The minimum Gasteiger partial charge on any atom is -0.349 e.